The molecule has 0 aliphatic heterocycles. The van der Waals surface area contributed by atoms with Gasteiger partial charge in [0.1, 0.15) is 11.8 Å². The Morgan fingerprint density at radius 1 is 0.970 bits per heavy atom. The molecule has 0 aliphatic carbocycles. The van der Waals surface area contributed by atoms with Gasteiger partial charge in [0.15, 0.2) is 6.61 Å². The van der Waals surface area contributed by atoms with Gasteiger partial charge in [-0.2, -0.15) is 0 Å². The number of ether oxygens (including phenoxy) is 1. The van der Waals surface area contributed by atoms with Crippen molar-refractivity contribution in [2.75, 3.05) is 13.7 Å². The number of nitrogens with zero attached hydrogens (tertiary/aromatic N) is 1. The molecule has 0 spiro atoms. The third-order valence-electron chi connectivity index (χ3n) is 5.20. The number of aryl methyl sites for hydroxylation is 1. The van der Waals surface area contributed by atoms with Crippen molar-refractivity contribution in [2.45, 2.75) is 25.9 Å². The van der Waals surface area contributed by atoms with E-state index in [4.69, 9.17) is 27.9 Å². The maximum Gasteiger partial charge on any atom is 0.261 e. The maximum absolute atomic E-state index is 13.4. The van der Waals surface area contributed by atoms with Crippen molar-refractivity contribution in [3.8, 4) is 5.75 Å². The molecule has 172 valence electrons. The number of carbonyl (C=O) groups is 2. The van der Waals surface area contributed by atoms with Crippen molar-refractivity contribution in [2.24, 2.45) is 0 Å². The SMILES string of the molecule is CNC(=O)[C@@H](Cc1ccccc1)N(Cc1cccc(C)c1)C(=O)COc1ccc(Cl)cc1Cl. The molecule has 7 heteroatoms. The van der Waals surface area contributed by atoms with E-state index in [1.165, 1.54) is 0 Å². The predicted octanol–water partition coefficient (Wildman–Crippen LogP) is 5.07. The molecule has 33 heavy (non-hydrogen) atoms. The Kier molecular flexibility index (Phi) is 8.75. The highest BCUT2D eigenvalue weighted by atomic mass is 35.5. The molecular weight excluding hydrogens is 459 g/mol. The van der Waals surface area contributed by atoms with Gasteiger partial charge in [0.05, 0.1) is 5.02 Å². The quantitative estimate of drug-likeness (QED) is 0.461. The van der Waals surface area contributed by atoms with Crippen LogP contribution >= 0.6 is 23.2 Å². The summed E-state index contributed by atoms with van der Waals surface area (Å²) in [5, 5.41) is 3.48. The van der Waals surface area contributed by atoms with E-state index >= 15 is 0 Å². The smallest absolute Gasteiger partial charge is 0.261 e. The van der Waals surface area contributed by atoms with Crippen LogP contribution in [0.1, 0.15) is 16.7 Å². The second kappa shape index (κ2) is 11.7. The van der Waals surface area contributed by atoms with E-state index in [0.29, 0.717) is 22.2 Å². The minimum Gasteiger partial charge on any atom is -0.482 e. The number of halogens is 2. The molecule has 5 nitrogen and oxygen atoms in total. The number of nitrogens with one attached hydrogen (secondary N) is 1. The fraction of sp³-hybridized carbons (Fsp3) is 0.231. The summed E-state index contributed by atoms with van der Waals surface area (Å²) >= 11 is 12.1. The van der Waals surface area contributed by atoms with Crippen LogP contribution in [0.15, 0.2) is 72.8 Å². The summed E-state index contributed by atoms with van der Waals surface area (Å²) in [5.41, 5.74) is 2.95. The van der Waals surface area contributed by atoms with Crippen LogP contribution in [0.25, 0.3) is 0 Å². The van der Waals surface area contributed by atoms with Crippen LogP contribution in [0.3, 0.4) is 0 Å². The molecule has 3 aromatic rings. The topological polar surface area (TPSA) is 58.6 Å². The van der Waals surface area contributed by atoms with E-state index in [0.717, 1.165) is 16.7 Å². The van der Waals surface area contributed by atoms with E-state index in [2.05, 4.69) is 5.32 Å². The van der Waals surface area contributed by atoms with Gasteiger partial charge in [-0.05, 0) is 36.2 Å². The second-order valence-corrected chi connectivity index (χ2v) is 8.54. The molecule has 0 bridgehead atoms. The third kappa shape index (κ3) is 6.98. The minimum absolute atomic E-state index is 0.246. The highest BCUT2D eigenvalue weighted by Gasteiger charge is 2.30. The predicted molar refractivity (Wildman–Crippen MR) is 132 cm³/mol. The van der Waals surface area contributed by atoms with Gasteiger partial charge in [-0.15, -0.1) is 0 Å². The third-order valence-corrected chi connectivity index (χ3v) is 5.73. The lowest BCUT2D eigenvalue weighted by molar-refractivity contribution is -0.142. The zero-order chi connectivity index (χ0) is 23.8. The van der Waals surface area contributed by atoms with Gasteiger partial charge in [0, 0.05) is 25.0 Å². The number of hydrogen-bond donors (Lipinski definition) is 1. The summed E-state index contributed by atoms with van der Waals surface area (Å²) in [7, 11) is 1.57. The molecule has 3 rings (SSSR count). The first kappa shape index (κ1) is 24.6. The summed E-state index contributed by atoms with van der Waals surface area (Å²) in [6.07, 6.45) is 0.375. The largest absolute Gasteiger partial charge is 0.482 e. The fourth-order valence-corrected chi connectivity index (χ4v) is 4.01. The number of likely N-dealkylation sites (N-methyl/N-ethyl adjacent to an activating group) is 1. The van der Waals surface area contributed by atoms with Crippen LogP contribution in [-0.4, -0.2) is 36.4 Å². The summed E-state index contributed by atoms with van der Waals surface area (Å²) < 4.78 is 5.70. The zero-order valence-electron chi connectivity index (χ0n) is 18.6. The first-order chi connectivity index (χ1) is 15.9. The fourth-order valence-electron chi connectivity index (χ4n) is 3.54. The van der Waals surface area contributed by atoms with Crippen molar-refractivity contribution < 1.29 is 14.3 Å². The highest BCUT2D eigenvalue weighted by Crippen LogP contribution is 2.27. The van der Waals surface area contributed by atoms with Gasteiger partial charge < -0.3 is 15.0 Å². The number of rotatable bonds is 9. The number of carbonyl (C=O) groups excluding carboxylic acids is 2. The van der Waals surface area contributed by atoms with Crippen LogP contribution in [0, 0.1) is 6.92 Å². The van der Waals surface area contributed by atoms with Crippen LogP contribution < -0.4 is 10.1 Å². The van der Waals surface area contributed by atoms with Crippen LogP contribution in [-0.2, 0) is 22.6 Å². The monoisotopic (exact) mass is 484 g/mol. The van der Waals surface area contributed by atoms with Gasteiger partial charge in [-0.3, -0.25) is 9.59 Å². The Balaban J connectivity index is 1.88. The van der Waals surface area contributed by atoms with Crippen LogP contribution in [0.4, 0.5) is 0 Å². The van der Waals surface area contributed by atoms with Crippen molar-refractivity contribution in [3.05, 3.63) is 99.5 Å². The summed E-state index contributed by atoms with van der Waals surface area (Å²) in [5.74, 6) is -0.221. The summed E-state index contributed by atoms with van der Waals surface area (Å²) in [4.78, 5) is 27.9. The molecule has 0 unspecified atom stereocenters. The first-order valence-electron chi connectivity index (χ1n) is 10.6. The number of hydrogen-bond acceptors (Lipinski definition) is 3. The lowest BCUT2D eigenvalue weighted by Gasteiger charge is -2.31. The van der Waals surface area contributed by atoms with E-state index < -0.39 is 6.04 Å². The standard InChI is InChI=1S/C26H26Cl2N2O3/c1-18-7-6-10-20(13-18)16-30(23(26(32)29-2)14-19-8-4-3-5-9-19)25(31)17-33-24-12-11-21(27)15-22(24)28/h3-13,15,23H,14,16-17H2,1-2H3,(H,29,32)/t23-/m1/s1. The molecule has 0 fully saturated rings. The zero-order valence-corrected chi connectivity index (χ0v) is 20.1. The first-order valence-corrected chi connectivity index (χ1v) is 11.3. The summed E-state index contributed by atoms with van der Waals surface area (Å²) in [6.45, 7) is 1.99. The Bertz CT molecular complexity index is 1110. The summed E-state index contributed by atoms with van der Waals surface area (Å²) in [6, 6.07) is 21.6. The van der Waals surface area contributed by atoms with E-state index in [1.54, 1.807) is 30.1 Å². The Morgan fingerprint density at radius 2 is 1.70 bits per heavy atom. The van der Waals surface area contributed by atoms with Crippen molar-refractivity contribution in [3.63, 3.8) is 0 Å². The molecular formula is C26H26Cl2N2O3. The molecule has 1 N–H and O–H groups in total. The normalized spacial score (nSPS) is 11.5. The lowest BCUT2D eigenvalue weighted by atomic mass is 10.0. The average Bonchev–Trinajstić information content (AvgIpc) is 2.81. The van der Waals surface area contributed by atoms with Gasteiger partial charge >= 0.3 is 0 Å². The van der Waals surface area contributed by atoms with Crippen LogP contribution in [0.5, 0.6) is 5.75 Å². The van der Waals surface area contributed by atoms with E-state index in [9.17, 15) is 9.59 Å². The molecule has 0 saturated heterocycles. The Labute approximate surface area is 204 Å². The maximum atomic E-state index is 13.4. The molecule has 1 atom stereocenters. The number of amides is 2. The van der Waals surface area contributed by atoms with E-state index in [-0.39, 0.29) is 25.0 Å². The van der Waals surface area contributed by atoms with Gasteiger partial charge in [-0.1, -0.05) is 83.4 Å². The Hall–Kier alpha value is -3.02. The average molecular weight is 485 g/mol. The number of benzene rings is 3. The molecule has 0 heterocycles. The molecule has 0 aliphatic rings. The van der Waals surface area contributed by atoms with E-state index in [1.807, 2.05) is 61.5 Å². The molecule has 2 amide bonds. The Morgan fingerprint density at radius 3 is 2.36 bits per heavy atom. The van der Waals surface area contributed by atoms with Gasteiger partial charge in [0.2, 0.25) is 5.91 Å². The molecule has 0 saturated carbocycles. The van der Waals surface area contributed by atoms with Crippen molar-refractivity contribution in [1.82, 2.24) is 10.2 Å². The van der Waals surface area contributed by atoms with Crippen molar-refractivity contribution in [1.29, 1.82) is 0 Å². The second-order valence-electron chi connectivity index (χ2n) is 7.69. The van der Waals surface area contributed by atoms with Gasteiger partial charge in [-0.25, -0.2) is 0 Å². The lowest BCUT2D eigenvalue weighted by Crippen LogP contribution is -2.51. The van der Waals surface area contributed by atoms with Crippen molar-refractivity contribution >= 4 is 35.0 Å². The van der Waals surface area contributed by atoms with Crippen LogP contribution in [0.2, 0.25) is 10.0 Å². The highest BCUT2D eigenvalue weighted by molar-refractivity contribution is 6.35. The molecule has 0 radical (unpaired) electrons. The minimum atomic E-state index is -0.713. The van der Waals surface area contributed by atoms with Gasteiger partial charge in [0.25, 0.3) is 5.91 Å². The molecule has 0 aromatic heterocycles. The molecule has 3 aromatic carbocycles.